The third-order valence-electron chi connectivity index (χ3n) is 3.16. The Morgan fingerprint density at radius 1 is 1.44 bits per heavy atom. The van der Waals surface area contributed by atoms with Crippen LogP contribution in [0.1, 0.15) is 10.6 Å². The number of aryl methyl sites for hydroxylation is 1. The van der Waals surface area contributed by atoms with Gasteiger partial charge < -0.3 is 9.88 Å². The molecule has 0 spiro atoms. The van der Waals surface area contributed by atoms with Gasteiger partial charge in [-0.15, -0.1) is 0 Å². The molecule has 4 nitrogen and oxygen atoms in total. The second-order valence-electron chi connectivity index (χ2n) is 4.20. The Morgan fingerprint density at radius 3 is 2.81 bits per heavy atom. The number of fused-ring (bicyclic) bond motifs is 1. The van der Waals surface area contributed by atoms with Gasteiger partial charge in [-0.05, 0) is 12.1 Å². The molecular formula is C12H13N3O. The summed E-state index contributed by atoms with van der Waals surface area (Å²) in [7, 11) is 1.90. The Morgan fingerprint density at radius 2 is 2.19 bits per heavy atom. The van der Waals surface area contributed by atoms with E-state index in [1.165, 1.54) is 0 Å². The van der Waals surface area contributed by atoms with Crippen LogP contribution in [0.4, 0.5) is 0 Å². The Balaban J connectivity index is 2.09. The van der Waals surface area contributed by atoms with Gasteiger partial charge >= 0.3 is 0 Å². The Hall–Kier alpha value is -1.68. The van der Waals surface area contributed by atoms with E-state index < -0.39 is 0 Å². The van der Waals surface area contributed by atoms with E-state index >= 15 is 0 Å². The van der Waals surface area contributed by atoms with Gasteiger partial charge in [0.2, 0.25) is 5.78 Å². The van der Waals surface area contributed by atoms with E-state index in [1.54, 1.807) is 0 Å². The molecule has 4 heteroatoms. The number of nitrogens with one attached hydrogen (secondary N) is 1. The lowest BCUT2D eigenvalue weighted by Gasteiger charge is -2.25. The molecule has 0 radical (unpaired) electrons. The topological polar surface area (TPSA) is 46.9 Å². The van der Waals surface area contributed by atoms with E-state index in [9.17, 15) is 4.79 Å². The minimum absolute atomic E-state index is 0.107. The van der Waals surface area contributed by atoms with Crippen molar-refractivity contribution < 1.29 is 4.79 Å². The Bertz CT molecular complexity index is 554. The molecular weight excluding hydrogens is 202 g/mol. The monoisotopic (exact) mass is 215 g/mol. The summed E-state index contributed by atoms with van der Waals surface area (Å²) >= 11 is 0. The van der Waals surface area contributed by atoms with E-state index in [-0.39, 0.29) is 11.7 Å². The largest absolute Gasteiger partial charge is 0.325 e. The summed E-state index contributed by atoms with van der Waals surface area (Å²) < 4.78 is 1.88. The number of nitrogens with zero attached hydrogens (tertiary/aromatic N) is 2. The van der Waals surface area contributed by atoms with Crippen LogP contribution in [-0.2, 0) is 7.05 Å². The third kappa shape index (κ3) is 1.27. The first-order valence-corrected chi connectivity index (χ1v) is 5.44. The second kappa shape index (κ2) is 3.42. The molecule has 3 rings (SSSR count). The van der Waals surface area contributed by atoms with Gasteiger partial charge in [-0.25, -0.2) is 4.98 Å². The van der Waals surface area contributed by atoms with Crippen LogP contribution in [0.5, 0.6) is 0 Å². The number of para-hydroxylation sites is 2. The average molecular weight is 215 g/mol. The highest BCUT2D eigenvalue weighted by Crippen LogP contribution is 2.18. The fourth-order valence-electron chi connectivity index (χ4n) is 2.02. The standard InChI is InChI=1S/C12H13N3O/c1-15-10-5-3-2-4-9(10)14-12(15)11(16)8-6-13-7-8/h2-5,8,13H,6-7H2,1H3. The van der Waals surface area contributed by atoms with Crippen molar-refractivity contribution in [2.75, 3.05) is 13.1 Å². The molecule has 16 heavy (non-hydrogen) atoms. The molecule has 82 valence electrons. The van der Waals surface area contributed by atoms with Crippen molar-refractivity contribution >= 4 is 16.8 Å². The highest BCUT2D eigenvalue weighted by Gasteiger charge is 2.29. The average Bonchev–Trinajstić information content (AvgIpc) is 2.54. The van der Waals surface area contributed by atoms with Crippen LogP contribution in [-0.4, -0.2) is 28.4 Å². The fourth-order valence-corrected chi connectivity index (χ4v) is 2.02. The zero-order valence-electron chi connectivity index (χ0n) is 9.10. The van der Waals surface area contributed by atoms with Gasteiger partial charge in [0.1, 0.15) is 0 Å². The quantitative estimate of drug-likeness (QED) is 0.759. The maximum atomic E-state index is 12.1. The Kier molecular flexibility index (Phi) is 2.04. The van der Waals surface area contributed by atoms with Crippen LogP contribution >= 0.6 is 0 Å². The highest BCUT2D eigenvalue weighted by atomic mass is 16.1. The van der Waals surface area contributed by atoms with Gasteiger partial charge in [-0.3, -0.25) is 4.79 Å². The summed E-state index contributed by atoms with van der Waals surface area (Å²) in [6.07, 6.45) is 0. The number of rotatable bonds is 2. The first-order chi connectivity index (χ1) is 7.77. The number of ketones is 1. The molecule has 0 amide bonds. The van der Waals surface area contributed by atoms with Crippen LogP contribution in [0.2, 0.25) is 0 Å². The number of carbonyl (C=O) groups excluding carboxylic acids is 1. The van der Waals surface area contributed by atoms with Gasteiger partial charge in [-0.2, -0.15) is 0 Å². The summed E-state index contributed by atoms with van der Waals surface area (Å²) in [5.41, 5.74) is 1.90. The first-order valence-electron chi connectivity index (χ1n) is 5.44. The number of imidazole rings is 1. The molecule has 1 saturated heterocycles. The molecule has 0 aliphatic carbocycles. The summed E-state index contributed by atoms with van der Waals surface area (Å²) in [5, 5.41) is 3.11. The molecule has 1 fully saturated rings. The van der Waals surface area contributed by atoms with Crippen molar-refractivity contribution in [3.8, 4) is 0 Å². The lowest BCUT2D eigenvalue weighted by atomic mass is 9.97. The van der Waals surface area contributed by atoms with Crippen molar-refractivity contribution in [2.24, 2.45) is 13.0 Å². The zero-order chi connectivity index (χ0) is 11.1. The summed E-state index contributed by atoms with van der Waals surface area (Å²) in [6, 6.07) is 7.82. The molecule has 1 aromatic heterocycles. The molecule has 1 N–H and O–H groups in total. The molecule has 2 aromatic rings. The number of aromatic nitrogens is 2. The fraction of sp³-hybridized carbons (Fsp3) is 0.333. The molecule has 2 heterocycles. The molecule has 0 saturated carbocycles. The van der Waals surface area contributed by atoms with Crippen molar-refractivity contribution in [1.29, 1.82) is 0 Å². The number of benzene rings is 1. The van der Waals surface area contributed by atoms with Gasteiger partial charge in [0.25, 0.3) is 0 Å². The first kappa shape index (κ1) is 9.54. The Labute approximate surface area is 93.3 Å². The third-order valence-corrected chi connectivity index (χ3v) is 3.16. The molecule has 1 aliphatic heterocycles. The molecule has 1 aromatic carbocycles. The normalized spacial score (nSPS) is 16.3. The maximum absolute atomic E-state index is 12.1. The van der Waals surface area contributed by atoms with Crippen LogP contribution in [0.15, 0.2) is 24.3 Å². The lowest BCUT2D eigenvalue weighted by Crippen LogP contribution is -2.47. The zero-order valence-corrected chi connectivity index (χ0v) is 9.10. The van der Waals surface area contributed by atoms with E-state index in [0.717, 1.165) is 24.1 Å². The van der Waals surface area contributed by atoms with Gasteiger partial charge in [-0.1, -0.05) is 12.1 Å². The lowest BCUT2D eigenvalue weighted by molar-refractivity contribution is 0.0864. The second-order valence-corrected chi connectivity index (χ2v) is 4.20. The number of carbonyl (C=O) groups is 1. The van der Waals surface area contributed by atoms with Gasteiger partial charge in [0.15, 0.2) is 5.82 Å². The predicted octanol–water partition coefficient (Wildman–Crippen LogP) is 0.975. The number of hydrogen-bond acceptors (Lipinski definition) is 3. The molecule has 1 aliphatic rings. The van der Waals surface area contributed by atoms with Crippen molar-refractivity contribution in [3.63, 3.8) is 0 Å². The maximum Gasteiger partial charge on any atom is 0.203 e. The van der Waals surface area contributed by atoms with E-state index in [0.29, 0.717) is 5.82 Å². The molecule has 0 bridgehead atoms. The molecule has 0 atom stereocenters. The minimum Gasteiger partial charge on any atom is -0.325 e. The van der Waals surface area contributed by atoms with Gasteiger partial charge in [0.05, 0.1) is 17.0 Å². The van der Waals surface area contributed by atoms with E-state index in [1.807, 2.05) is 35.9 Å². The predicted molar refractivity (Wildman–Crippen MR) is 61.4 cm³/mol. The number of hydrogen-bond donors (Lipinski definition) is 1. The minimum atomic E-state index is 0.107. The van der Waals surface area contributed by atoms with Crippen LogP contribution < -0.4 is 5.32 Å². The van der Waals surface area contributed by atoms with Crippen molar-refractivity contribution in [2.45, 2.75) is 0 Å². The SMILES string of the molecule is Cn1c(C(=O)C2CNC2)nc2ccccc21. The summed E-state index contributed by atoms with van der Waals surface area (Å²) in [5.74, 6) is 0.834. The van der Waals surface area contributed by atoms with Crippen LogP contribution in [0.25, 0.3) is 11.0 Å². The summed E-state index contributed by atoms with van der Waals surface area (Å²) in [4.78, 5) is 16.5. The van der Waals surface area contributed by atoms with Gasteiger partial charge in [0, 0.05) is 20.1 Å². The molecule has 0 unspecified atom stereocenters. The smallest absolute Gasteiger partial charge is 0.203 e. The summed E-state index contributed by atoms with van der Waals surface area (Å²) in [6.45, 7) is 1.56. The van der Waals surface area contributed by atoms with E-state index in [4.69, 9.17) is 0 Å². The van der Waals surface area contributed by atoms with E-state index in [2.05, 4.69) is 10.3 Å². The van der Waals surface area contributed by atoms with Crippen molar-refractivity contribution in [3.05, 3.63) is 30.1 Å². The van der Waals surface area contributed by atoms with Crippen molar-refractivity contribution in [1.82, 2.24) is 14.9 Å². The highest BCUT2D eigenvalue weighted by molar-refractivity contribution is 5.98. The number of Topliss-reactive ketones (excluding diaryl/α,β-unsaturated/α-hetero) is 1. The van der Waals surface area contributed by atoms with Crippen LogP contribution in [0, 0.1) is 5.92 Å². The van der Waals surface area contributed by atoms with Crippen LogP contribution in [0.3, 0.4) is 0 Å².